The van der Waals surface area contributed by atoms with Crippen molar-refractivity contribution >= 4 is 0 Å². The average Bonchev–Trinajstić information content (AvgIpc) is 2.75. The lowest BCUT2D eigenvalue weighted by atomic mass is 9.96. The zero-order valence-corrected chi connectivity index (χ0v) is 16.6. The summed E-state index contributed by atoms with van der Waals surface area (Å²) in [6.45, 7) is 1.14. The summed E-state index contributed by atoms with van der Waals surface area (Å²) < 4.78 is 11.4. The first kappa shape index (κ1) is 22.6. The molecule has 0 unspecified atom stereocenters. The number of benzene rings is 2. The van der Waals surface area contributed by atoms with Crippen LogP contribution in [0.15, 0.2) is 42.5 Å². The van der Waals surface area contributed by atoms with Crippen LogP contribution < -0.4 is 4.74 Å². The fourth-order valence-corrected chi connectivity index (χ4v) is 3.43. The van der Waals surface area contributed by atoms with E-state index in [-0.39, 0.29) is 13.2 Å². The lowest BCUT2D eigenvalue weighted by Gasteiger charge is -2.41. The zero-order valence-electron chi connectivity index (χ0n) is 16.6. The molecule has 6 N–H and O–H groups in total. The number of aliphatic hydroxyl groups is 6. The van der Waals surface area contributed by atoms with E-state index in [0.29, 0.717) is 17.7 Å². The Morgan fingerprint density at radius 1 is 0.867 bits per heavy atom. The third-order valence-electron chi connectivity index (χ3n) is 5.24. The Bertz CT molecular complexity index is 822. The predicted molar refractivity (Wildman–Crippen MR) is 107 cm³/mol. The summed E-state index contributed by atoms with van der Waals surface area (Å²) in [5, 5.41) is 59.0. The van der Waals surface area contributed by atoms with Crippen molar-refractivity contribution in [3.63, 3.8) is 0 Å². The van der Waals surface area contributed by atoms with Crippen LogP contribution in [-0.2, 0) is 24.4 Å². The number of aliphatic hydroxyl groups excluding tert-OH is 6. The van der Waals surface area contributed by atoms with E-state index in [0.717, 1.165) is 16.7 Å². The van der Waals surface area contributed by atoms with Crippen LogP contribution in [0.2, 0.25) is 0 Å². The van der Waals surface area contributed by atoms with Gasteiger partial charge in [-0.1, -0.05) is 36.4 Å². The van der Waals surface area contributed by atoms with Crippen molar-refractivity contribution in [2.24, 2.45) is 0 Å². The Labute approximate surface area is 174 Å². The maximum absolute atomic E-state index is 10.3. The van der Waals surface area contributed by atoms with Gasteiger partial charge in [0.05, 0.1) is 19.3 Å². The van der Waals surface area contributed by atoms with Crippen molar-refractivity contribution in [1.82, 2.24) is 0 Å². The third kappa shape index (κ3) is 4.98. The molecular weight excluding hydrogens is 392 g/mol. The Balaban J connectivity index is 1.86. The summed E-state index contributed by atoms with van der Waals surface area (Å²) in [7, 11) is 0. The smallest absolute Gasteiger partial charge is 0.229 e. The van der Waals surface area contributed by atoms with Crippen LogP contribution in [0.25, 0.3) is 0 Å². The molecule has 0 aromatic heterocycles. The highest BCUT2D eigenvalue weighted by atomic mass is 16.7. The van der Waals surface area contributed by atoms with Crippen molar-refractivity contribution in [3.8, 4) is 5.75 Å². The molecule has 0 amide bonds. The second-order valence-electron chi connectivity index (χ2n) is 7.55. The van der Waals surface area contributed by atoms with Gasteiger partial charge in [0.15, 0.2) is 0 Å². The predicted octanol–water partition coefficient (Wildman–Crippen LogP) is -0.171. The number of hydrogen-bond acceptors (Lipinski definition) is 8. The Hall–Kier alpha value is -2.04. The number of rotatable bonds is 7. The van der Waals surface area contributed by atoms with Crippen LogP contribution in [0, 0.1) is 0 Å². The first-order valence-corrected chi connectivity index (χ1v) is 9.79. The molecule has 0 bridgehead atoms. The molecule has 0 radical (unpaired) electrons. The van der Waals surface area contributed by atoms with E-state index in [9.17, 15) is 30.6 Å². The van der Waals surface area contributed by atoms with Crippen molar-refractivity contribution in [2.75, 3.05) is 0 Å². The molecular formula is C22H28O8. The average molecular weight is 420 g/mol. The molecule has 8 heteroatoms. The first-order chi connectivity index (χ1) is 14.3. The van der Waals surface area contributed by atoms with Crippen molar-refractivity contribution in [2.45, 2.75) is 63.4 Å². The maximum Gasteiger partial charge on any atom is 0.229 e. The van der Waals surface area contributed by atoms with E-state index >= 15 is 0 Å². The van der Waals surface area contributed by atoms with E-state index < -0.39 is 36.8 Å². The highest BCUT2D eigenvalue weighted by Crippen LogP contribution is 2.30. The molecule has 1 aliphatic rings. The van der Waals surface area contributed by atoms with Crippen LogP contribution in [0.5, 0.6) is 5.75 Å². The molecule has 1 fully saturated rings. The van der Waals surface area contributed by atoms with E-state index in [1.807, 2.05) is 24.3 Å². The molecule has 8 nitrogen and oxygen atoms in total. The van der Waals surface area contributed by atoms with Crippen molar-refractivity contribution in [1.29, 1.82) is 0 Å². The number of hydrogen-bond donors (Lipinski definition) is 6. The molecule has 0 aliphatic carbocycles. The summed E-state index contributed by atoms with van der Waals surface area (Å²) in [6, 6.07) is 12.5. The summed E-state index contributed by atoms with van der Waals surface area (Å²) >= 11 is 0. The Kier molecular flexibility index (Phi) is 7.43. The van der Waals surface area contributed by atoms with E-state index in [1.165, 1.54) is 6.92 Å². The van der Waals surface area contributed by atoms with Gasteiger partial charge in [-0.2, -0.15) is 0 Å². The van der Waals surface area contributed by atoms with Gasteiger partial charge in [0.1, 0.15) is 30.2 Å². The molecule has 1 saturated heterocycles. The van der Waals surface area contributed by atoms with Crippen molar-refractivity contribution < 1.29 is 40.1 Å². The molecule has 1 heterocycles. The summed E-state index contributed by atoms with van der Waals surface area (Å²) in [6.07, 6.45) is -7.64. The molecule has 2 aromatic carbocycles. The van der Waals surface area contributed by atoms with Crippen LogP contribution in [0.4, 0.5) is 0 Å². The normalized spacial score (nSPS) is 27.6. The number of ether oxygens (including phenoxy) is 2. The van der Waals surface area contributed by atoms with Gasteiger partial charge in [-0.25, -0.2) is 0 Å². The summed E-state index contributed by atoms with van der Waals surface area (Å²) in [4.78, 5) is 0. The monoisotopic (exact) mass is 420 g/mol. The summed E-state index contributed by atoms with van der Waals surface area (Å²) in [5.41, 5.74) is 3.08. The van der Waals surface area contributed by atoms with Crippen molar-refractivity contribution in [3.05, 3.63) is 64.7 Å². The Morgan fingerprint density at radius 3 is 2.07 bits per heavy atom. The topological polar surface area (TPSA) is 140 Å². The molecule has 2 aromatic rings. The summed E-state index contributed by atoms with van der Waals surface area (Å²) in [5.74, 6) is 0.338. The molecule has 3 rings (SSSR count). The van der Waals surface area contributed by atoms with Crippen LogP contribution in [0.3, 0.4) is 0 Å². The highest BCUT2D eigenvalue weighted by Gasteiger charge is 2.46. The van der Waals surface area contributed by atoms with Crippen LogP contribution in [-0.4, -0.2) is 67.4 Å². The SMILES string of the molecule is C[C@@H](O)[C@H]1O[C@@H](Oc2cc(CO)ccc2Cc2ccc(CO)cc2)[C@H](O)[C@@H](O)[C@@H]1O. The largest absolute Gasteiger partial charge is 0.462 e. The standard InChI is InChI=1S/C22H28O8/c1-12(25)21-19(27)18(26)20(28)22(30-21)29-17-9-15(11-24)6-7-16(17)8-13-2-4-14(10-23)5-3-13/h2-7,9,12,18-28H,8,10-11H2,1H3/t12-,18+,19+,20-,21-,22-/m1/s1. The Morgan fingerprint density at radius 2 is 1.47 bits per heavy atom. The van der Waals surface area contributed by atoms with Gasteiger partial charge >= 0.3 is 0 Å². The van der Waals surface area contributed by atoms with E-state index in [1.54, 1.807) is 18.2 Å². The van der Waals surface area contributed by atoms with Gasteiger partial charge < -0.3 is 40.1 Å². The third-order valence-corrected chi connectivity index (χ3v) is 5.24. The second-order valence-corrected chi connectivity index (χ2v) is 7.55. The van der Waals surface area contributed by atoms with Crippen LogP contribution in [0.1, 0.15) is 29.2 Å². The molecule has 1 aliphatic heterocycles. The minimum Gasteiger partial charge on any atom is -0.462 e. The fourth-order valence-electron chi connectivity index (χ4n) is 3.43. The molecule has 164 valence electrons. The lowest BCUT2D eigenvalue weighted by Crippen LogP contribution is -2.61. The van der Waals surface area contributed by atoms with Gasteiger partial charge in [0.25, 0.3) is 0 Å². The molecule has 0 spiro atoms. The maximum atomic E-state index is 10.3. The second kappa shape index (κ2) is 9.84. The quantitative estimate of drug-likeness (QED) is 0.363. The molecule has 6 atom stereocenters. The van der Waals surface area contributed by atoms with E-state index in [2.05, 4.69) is 0 Å². The van der Waals surface area contributed by atoms with Gasteiger partial charge in [0.2, 0.25) is 6.29 Å². The molecule has 30 heavy (non-hydrogen) atoms. The van der Waals surface area contributed by atoms with Gasteiger partial charge in [-0.05, 0) is 35.2 Å². The van der Waals surface area contributed by atoms with Gasteiger partial charge in [0, 0.05) is 6.42 Å². The highest BCUT2D eigenvalue weighted by molar-refractivity contribution is 5.41. The van der Waals surface area contributed by atoms with Gasteiger partial charge in [-0.15, -0.1) is 0 Å². The minimum atomic E-state index is -1.56. The fraction of sp³-hybridized carbons (Fsp3) is 0.455. The van der Waals surface area contributed by atoms with Gasteiger partial charge in [-0.3, -0.25) is 0 Å². The molecule has 0 saturated carbocycles. The first-order valence-electron chi connectivity index (χ1n) is 9.79. The zero-order chi connectivity index (χ0) is 21.8. The lowest BCUT2D eigenvalue weighted by molar-refractivity contribution is -0.286. The van der Waals surface area contributed by atoms with E-state index in [4.69, 9.17) is 9.47 Å². The minimum absolute atomic E-state index is 0.0463. The van der Waals surface area contributed by atoms with Crippen LogP contribution >= 0.6 is 0 Å².